The zero-order valence-electron chi connectivity index (χ0n) is 12.5. The number of hydrogen-bond donors (Lipinski definition) is 3. The van der Waals surface area contributed by atoms with Crippen molar-refractivity contribution in [3.63, 3.8) is 0 Å². The maximum absolute atomic E-state index is 12.4. The Morgan fingerprint density at radius 3 is 2.71 bits per heavy atom. The Bertz CT molecular complexity index is 652. The number of hydrazine groups is 1. The lowest BCUT2D eigenvalue weighted by Gasteiger charge is -2.16. The van der Waals surface area contributed by atoms with Gasteiger partial charge in [-0.05, 0) is 36.1 Å². The van der Waals surface area contributed by atoms with Crippen molar-refractivity contribution < 1.29 is 4.79 Å². The van der Waals surface area contributed by atoms with Gasteiger partial charge in [0.25, 0.3) is 5.91 Å². The Morgan fingerprint density at radius 2 is 2.05 bits per heavy atom. The minimum absolute atomic E-state index is 0.176. The van der Waals surface area contributed by atoms with Gasteiger partial charge in [0.15, 0.2) is 0 Å². The molecule has 1 aromatic carbocycles. The summed E-state index contributed by atoms with van der Waals surface area (Å²) in [6.45, 7) is 6.20. The van der Waals surface area contributed by atoms with Crippen LogP contribution in [0.4, 0.5) is 11.5 Å². The van der Waals surface area contributed by atoms with E-state index in [1.54, 1.807) is 18.3 Å². The molecular formula is C16H20N4O. The van der Waals surface area contributed by atoms with E-state index in [9.17, 15) is 4.79 Å². The quantitative estimate of drug-likeness (QED) is 0.595. The lowest BCUT2D eigenvalue weighted by Crippen LogP contribution is -2.16. The van der Waals surface area contributed by atoms with Crippen molar-refractivity contribution in [2.75, 3.05) is 10.7 Å². The number of rotatable bonds is 4. The van der Waals surface area contributed by atoms with Crippen molar-refractivity contribution in [1.82, 2.24) is 4.98 Å². The monoisotopic (exact) mass is 284 g/mol. The highest BCUT2D eigenvalue weighted by molar-refractivity contribution is 6.05. The Hall–Kier alpha value is -2.40. The number of nitrogens with one attached hydrogen (secondary N) is 2. The second kappa shape index (κ2) is 6.37. The molecule has 4 N–H and O–H groups in total. The van der Waals surface area contributed by atoms with E-state index in [-0.39, 0.29) is 5.91 Å². The number of nitrogens with two attached hydrogens (primary N) is 1. The molecule has 0 aliphatic rings. The van der Waals surface area contributed by atoms with Crippen molar-refractivity contribution in [3.05, 3.63) is 53.2 Å². The molecular weight excluding hydrogens is 264 g/mol. The molecule has 1 aromatic heterocycles. The number of nitrogen functional groups attached to an aromatic ring is 1. The summed E-state index contributed by atoms with van der Waals surface area (Å²) in [6, 6.07) is 9.29. The molecule has 21 heavy (non-hydrogen) atoms. The van der Waals surface area contributed by atoms with Crippen LogP contribution in [0, 0.1) is 6.92 Å². The topological polar surface area (TPSA) is 80.0 Å². The number of pyridine rings is 1. The number of aryl methyl sites for hydroxylation is 1. The summed E-state index contributed by atoms with van der Waals surface area (Å²) in [5, 5.41) is 2.99. The van der Waals surface area contributed by atoms with Gasteiger partial charge >= 0.3 is 0 Å². The molecule has 0 bridgehead atoms. The standard InChI is InChI=1S/C16H20N4O/c1-10(2)13-6-4-5-11(3)15(13)19-16(21)12-7-8-18-14(9-12)20-17/h4-10H,17H2,1-3H3,(H,18,20)(H,19,21). The number of para-hydroxylation sites is 1. The van der Waals surface area contributed by atoms with E-state index in [1.165, 1.54) is 0 Å². The number of anilines is 2. The molecule has 110 valence electrons. The first-order valence-electron chi connectivity index (χ1n) is 6.86. The SMILES string of the molecule is Cc1cccc(C(C)C)c1NC(=O)c1ccnc(NN)c1. The van der Waals surface area contributed by atoms with E-state index < -0.39 is 0 Å². The fourth-order valence-electron chi connectivity index (χ4n) is 2.18. The Balaban J connectivity index is 2.31. The molecule has 0 aliphatic carbocycles. The average molecular weight is 284 g/mol. The van der Waals surface area contributed by atoms with Gasteiger partial charge in [-0.2, -0.15) is 0 Å². The number of carbonyl (C=O) groups is 1. The largest absolute Gasteiger partial charge is 0.321 e. The number of aromatic nitrogens is 1. The van der Waals surface area contributed by atoms with Crippen molar-refractivity contribution >= 4 is 17.4 Å². The van der Waals surface area contributed by atoms with E-state index in [0.717, 1.165) is 16.8 Å². The highest BCUT2D eigenvalue weighted by Crippen LogP contribution is 2.27. The summed E-state index contributed by atoms with van der Waals surface area (Å²) < 4.78 is 0. The predicted molar refractivity (Wildman–Crippen MR) is 85.3 cm³/mol. The minimum Gasteiger partial charge on any atom is -0.321 e. The molecule has 5 heteroatoms. The van der Waals surface area contributed by atoms with E-state index >= 15 is 0 Å². The van der Waals surface area contributed by atoms with E-state index in [1.807, 2.05) is 25.1 Å². The van der Waals surface area contributed by atoms with Crippen molar-refractivity contribution in [2.45, 2.75) is 26.7 Å². The first-order valence-corrected chi connectivity index (χ1v) is 6.86. The third kappa shape index (κ3) is 3.38. The Labute approximate surface area is 124 Å². The van der Waals surface area contributed by atoms with Gasteiger partial charge in [0, 0.05) is 17.4 Å². The Morgan fingerprint density at radius 1 is 1.29 bits per heavy atom. The smallest absolute Gasteiger partial charge is 0.255 e. The van der Waals surface area contributed by atoms with Crippen LogP contribution in [0.2, 0.25) is 0 Å². The summed E-state index contributed by atoms with van der Waals surface area (Å²) in [5.41, 5.74) is 5.98. The number of hydrogen-bond acceptors (Lipinski definition) is 4. The third-order valence-electron chi connectivity index (χ3n) is 3.34. The van der Waals surface area contributed by atoms with Gasteiger partial charge in [0.1, 0.15) is 5.82 Å². The summed E-state index contributed by atoms with van der Waals surface area (Å²) in [5.74, 6) is 5.93. The normalized spacial score (nSPS) is 10.5. The van der Waals surface area contributed by atoms with Crippen LogP contribution in [0.25, 0.3) is 0 Å². The zero-order valence-corrected chi connectivity index (χ0v) is 12.5. The molecule has 0 saturated heterocycles. The number of benzene rings is 1. The molecule has 1 heterocycles. The fourth-order valence-corrected chi connectivity index (χ4v) is 2.18. The summed E-state index contributed by atoms with van der Waals surface area (Å²) in [6.07, 6.45) is 1.55. The molecule has 2 aromatic rings. The highest BCUT2D eigenvalue weighted by atomic mass is 16.1. The third-order valence-corrected chi connectivity index (χ3v) is 3.34. The van der Waals surface area contributed by atoms with Crippen LogP contribution < -0.4 is 16.6 Å². The first-order chi connectivity index (χ1) is 10.0. The molecule has 1 amide bonds. The maximum atomic E-state index is 12.4. The van der Waals surface area contributed by atoms with Gasteiger partial charge in [-0.3, -0.25) is 4.79 Å². The maximum Gasteiger partial charge on any atom is 0.255 e. The predicted octanol–water partition coefficient (Wildman–Crippen LogP) is 3.05. The van der Waals surface area contributed by atoms with Crippen LogP contribution in [-0.2, 0) is 0 Å². The second-order valence-corrected chi connectivity index (χ2v) is 5.22. The molecule has 0 aliphatic heterocycles. The van der Waals surface area contributed by atoms with E-state index in [0.29, 0.717) is 17.3 Å². The number of nitrogens with zero attached hydrogens (tertiary/aromatic N) is 1. The average Bonchev–Trinajstić information content (AvgIpc) is 2.49. The van der Waals surface area contributed by atoms with Gasteiger partial charge in [-0.15, -0.1) is 0 Å². The molecule has 0 radical (unpaired) electrons. The van der Waals surface area contributed by atoms with Crippen LogP contribution in [0.5, 0.6) is 0 Å². The number of carbonyl (C=O) groups excluding carboxylic acids is 1. The molecule has 0 unspecified atom stereocenters. The minimum atomic E-state index is -0.176. The van der Waals surface area contributed by atoms with Crippen molar-refractivity contribution in [2.24, 2.45) is 5.84 Å². The van der Waals surface area contributed by atoms with Gasteiger partial charge < -0.3 is 10.7 Å². The molecule has 0 atom stereocenters. The first kappa shape index (κ1) is 15.0. The lowest BCUT2D eigenvalue weighted by atomic mass is 9.98. The number of amides is 1. The van der Waals surface area contributed by atoms with Crippen LogP contribution >= 0.6 is 0 Å². The van der Waals surface area contributed by atoms with Crippen LogP contribution in [0.15, 0.2) is 36.5 Å². The van der Waals surface area contributed by atoms with Gasteiger partial charge in [0.05, 0.1) is 0 Å². The van der Waals surface area contributed by atoms with E-state index in [2.05, 4.69) is 29.6 Å². The van der Waals surface area contributed by atoms with E-state index in [4.69, 9.17) is 5.84 Å². The molecule has 2 rings (SSSR count). The van der Waals surface area contributed by atoms with Gasteiger partial charge in [-0.25, -0.2) is 10.8 Å². The summed E-state index contributed by atoms with van der Waals surface area (Å²) in [4.78, 5) is 16.4. The molecule has 0 spiro atoms. The summed E-state index contributed by atoms with van der Waals surface area (Å²) in [7, 11) is 0. The van der Waals surface area contributed by atoms with Crippen LogP contribution in [0.1, 0.15) is 41.3 Å². The van der Waals surface area contributed by atoms with Crippen molar-refractivity contribution in [1.29, 1.82) is 0 Å². The van der Waals surface area contributed by atoms with Gasteiger partial charge in [0.2, 0.25) is 0 Å². The van der Waals surface area contributed by atoms with Crippen LogP contribution in [0.3, 0.4) is 0 Å². The van der Waals surface area contributed by atoms with Gasteiger partial charge in [-0.1, -0.05) is 32.0 Å². The lowest BCUT2D eigenvalue weighted by molar-refractivity contribution is 0.102. The molecule has 0 fully saturated rings. The molecule has 5 nitrogen and oxygen atoms in total. The highest BCUT2D eigenvalue weighted by Gasteiger charge is 2.13. The van der Waals surface area contributed by atoms with Crippen molar-refractivity contribution in [3.8, 4) is 0 Å². The fraction of sp³-hybridized carbons (Fsp3) is 0.250. The second-order valence-electron chi connectivity index (χ2n) is 5.22. The Kier molecular flexibility index (Phi) is 4.55. The zero-order chi connectivity index (χ0) is 15.4. The molecule has 0 saturated carbocycles. The van der Waals surface area contributed by atoms with Crippen LogP contribution in [-0.4, -0.2) is 10.9 Å². The summed E-state index contributed by atoms with van der Waals surface area (Å²) >= 11 is 0.